The number of hydrogen-bond donors (Lipinski definition) is 2. The van der Waals surface area contributed by atoms with Crippen LogP contribution in [0.4, 0.5) is 4.79 Å². The Labute approximate surface area is 82.4 Å². The third-order valence-electron chi connectivity index (χ3n) is 2.01. The molecule has 5 heteroatoms. The van der Waals surface area contributed by atoms with Crippen LogP contribution in [0, 0.1) is 0 Å². The Morgan fingerprint density at radius 3 is 2.93 bits per heavy atom. The quantitative estimate of drug-likeness (QED) is 0.632. The Kier molecular flexibility index (Phi) is 3.50. The molecule has 0 atom stereocenters. The SMILES string of the molecule is CC1=CCCN(C(=O)NCC(=O)O)C1. The third-order valence-corrected chi connectivity index (χ3v) is 2.01. The van der Waals surface area contributed by atoms with Gasteiger partial charge in [0.15, 0.2) is 0 Å². The molecule has 0 spiro atoms. The average molecular weight is 198 g/mol. The van der Waals surface area contributed by atoms with Gasteiger partial charge < -0.3 is 15.3 Å². The molecule has 1 aliphatic heterocycles. The van der Waals surface area contributed by atoms with Gasteiger partial charge in [0, 0.05) is 13.1 Å². The lowest BCUT2D eigenvalue weighted by molar-refractivity contribution is -0.135. The van der Waals surface area contributed by atoms with Crippen LogP contribution in [0.25, 0.3) is 0 Å². The van der Waals surface area contributed by atoms with Crippen molar-refractivity contribution in [2.75, 3.05) is 19.6 Å². The fraction of sp³-hybridized carbons (Fsp3) is 0.556. The number of urea groups is 1. The van der Waals surface area contributed by atoms with Crippen molar-refractivity contribution in [3.8, 4) is 0 Å². The molecule has 0 saturated heterocycles. The monoisotopic (exact) mass is 198 g/mol. The predicted octanol–water partition coefficient (Wildman–Crippen LogP) is 0.433. The first-order valence-corrected chi connectivity index (χ1v) is 4.50. The van der Waals surface area contributed by atoms with Gasteiger partial charge in [0.2, 0.25) is 0 Å². The Bertz CT molecular complexity index is 273. The van der Waals surface area contributed by atoms with Crippen LogP contribution >= 0.6 is 0 Å². The molecule has 0 aromatic carbocycles. The van der Waals surface area contributed by atoms with Gasteiger partial charge in [-0.05, 0) is 13.3 Å². The highest BCUT2D eigenvalue weighted by atomic mass is 16.4. The number of rotatable bonds is 2. The molecule has 0 unspecified atom stereocenters. The first kappa shape index (κ1) is 10.6. The van der Waals surface area contributed by atoms with Crippen molar-refractivity contribution in [2.24, 2.45) is 0 Å². The van der Waals surface area contributed by atoms with Gasteiger partial charge in [-0.25, -0.2) is 4.79 Å². The zero-order chi connectivity index (χ0) is 10.6. The smallest absolute Gasteiger partial charge is 0.323 e. The predicted molar refractivity (Wildman–Crippen MR) is 51.0 cm³/mol. The van der Waals surface area contributed by atoms with Crippen LogP contribution in [-0.4, -0.2) is 41.6 Å². The molecule has 0 saturated carbocycles. The molecule has 0 fully saturated rings. The average Bonchev–Trinajstić information content (AvgIpc) is 2.14. The van der Waals surface area contributed by atoms with E-state index in [0.717, 1.165) is 12.0 Å². The van der Waals surface area contributed by atoms with Gasteiger partial charge in [-0.15, -0.1) is 0 Å². The summed E-state index contributed by atoms with van der Waals surface area (Å²) >= 11 is 0. The third kappa shape index (κ3) is 3.08. The molecule has 14 heavy (non-hydrogen) atoms. The normalized spacial score (nSPS) is 16.1. The molecule has 0 aromatic heterocycles. The topological polar surface area (TPSA) is 69.6 Å². The van der Waals surface area contributed by atoms with Gasteiger partial charge in [-0.3, -0.25) is 4.79 Å². The van der Waals surface area contributed by atoms with Gasteiger partial charge in [-0.1, -0.05) is 11.6 Å². The molecule has 1 rings (SSSR count). The van der Waals surface area contributed by atoms with Gasteiger partial charge in [0.25, 0.3) is 0 Å². The van der Waals surface area contributed by atoms with E-state index >= 15 is 0 Å². The standard InChI is InChI=1S/C9H14N2O3/c1-7-3-2-4-11(6-7)9(14)10-5-8(12)13/h3H,2,4-6H2,1H3,(H,10,14)(H,12,13). The number of nitrogens with one attached hydrogen (secondary N) is 1. The van der Waals surface area contributed by atoms with Crippen molar-refractivity contribution in [3.05, 3.63) is 11.6 Å². The van der Waals surface area contributed by atoms with Gasteiger partial charge in [-0.2, -0.15) is 0 Å². The minimum atomic E-state index is -1.03. The molecule has 0 aromatic rings. The summed E-state index contributed by atoms with van der Waals surface area (Å²) < 4.78 is 0. The molecule has 0 aliphatic carbocycles. The molecule has 1 heterocycles. The van der Waals surface area contributed by atoms with E-state index < -0.39 is 5.97 Å². The number of carboxylic acids is 1. The number of nitrogens with zero attached hydrogens (tertiary/aromatic N) is 1. The second-order valence-electron chi connectivity index (χ2n) is 3.31. The second-order valence-corrected chi connectivity index (χ2v) is 3.31. The largest absolute Gasteiger partial charge is 0.480 e. The summed E-state index contributed by atoms with van der Waals surface area (Å²) in [5, 5.41) is 10.7. The number of hydrogen-bond acceptors (Lipinski definition) is 2. The molecule has 0 bridgehead atoms. The van der Waals surface area contributed by atoms with Crippen LogP contribution < -0.4 is 5.32 Å². The van der Waals surface area contributed by atoms with E-state index in [1.165, 1.54) is 0 Å². The molecule has 0 radical (unpaired) electrons. The number of carbonyl (C=O) groups excluding carboxylic acids is 1. The summed E-state index contributed by atoms with van der Waals surface area (Å²) in [5.41, 5.74) is 1.14. The number of carboxylic acid groups (broad SMARTS) is 1. The molecule has 2 N–H and O–H groups in total. The number of carbonyl (C=O) groups is 2. The van der Waals surface area contributed by atoms with Crippen LogP contribution in [0.3, 0.4) is 0 Å². The van der Waals surface area contributed by atoms with Crippen molar-refractivity contribution in [2.45, 2.75) is 13.3 Å². The molecular formula is C9H14N2O3. The first-order valence-electron chi connectivity index (χ1n) is 4.50. The maximum atomic E-state index is 11.4. The van der Waals surface area contributed by atoms with Crippen LogP contribution in [0.5, 0.6) is 0 Å². The van der Waals surface area contributed by atoms with E-state index in [-0.39, 0.29) is 12.6 Å². The van der Waals surface area contributed by atoms with Crippen molar-refractivity contribution in [1.82, 2.24) is 10.2 Å². The van der Waals surface area contributed by atoms with Crippen LogP contribution in [0.15, 0.2) is 11.6 Å². The lowest BCUT2D eigenvalue weighted by Crippen LogP contribution is -2.44. The molecule has 78 valence electrons. The number of aliphatic carboxylic acids is 1. The highest BCUT2D eigenvalue weighted by molar-refractivity contribution is 5.80. The maximum absolute atomic E-state index is 11.4. The summed E-state index contributed by atoms with van der Waals surface area (Å²) in [7, 11) is 0. The van der Waals surface area contributed by atoms with Crippen molar-refractivity contribution < 1.29 is 14.7 Å². The molecule has 2 amide bonds. The zero-order valence-corrected chi connectivity index (χ0v) is 8.12. The van der Waals surface area contributed by atoms with Crippen molar-refractivity contribution in [1.29, 1.82) is 0 Å². The van der Waals surface area contributed by atoms with Gasteiger partial charge in [0.05, 0.1) is 0 Å². The Balaban J connectivity index is 2.38. The summed E-state index contributed by atoms with van der Waals surface area (Å²) in [5.74, 6) is -1.03. The summed E-state index contributed by atoms with van der Waals surface area (Å²) in [6, 6.07) is -0.306. The minimum Gasteiger partial charge on any atom is -0.480 e. The van der Waals surface area contributed by atoms with E-state index in [1.807, 2.05) is 6.92 Å². The fourth-order valence-corrected chi connectivity index (χ4v) is 1.35. The minimum absolute atomic E-state index is 0.306. The van der Waals surface area contributed by atoms with Gasteiger partial charge >= 0.3 is 12.0 Å². The highest BCUT2D eigenvalue weighted by Crippen LogP contribution is 2.08. The Hall–Kier alpha value is -1.52. The van der Waals surface area contributed by atoms with Crippen molar-refractivity contribution >= 4 is 12.0 Å². The van der Waals surface area contributed by atoms with E-state index in [2.05, 4.69) is 11.4 Å². The fourth-order valence-electron chi connectivity index (χ4n) is 1.35. The second kappa shape index (κ2) is 4.64. The molecular weight excluding hydrogens is 184 g/mol. The first-order chi connectivity index (χ1) is 6.59. The maximum Gasteiger partial charge on any atom is 0.323 e. The zero-order valence-electron chi connectivity index (χ0n) is 8.12. The van der Waals surface area contributed by atoms with E-state index in [4.69, 9.17) is 5.11 Å². The summed E-state index contributed by atoms with van der Waals surface area (Å²) in [6.45, 7) is 2.88. The van der Waals surface area contributed by atoms with Crippen molar-refractivity contribution in [3.63, 3.8) is 0 Å². The van der Waals surface area contributed by atoms with E-state index in [0.29, 0.717) is 13.1 Å². The molecule has 5 nitrogen and oxygen atoms in total. The lowest BCUT2D eigenvalue weighted by atomic mass is 10.1. The summed E-state index contributed by atoms with van der Waals surface area (Å²) in [6.07, 6.45) is 2.92. The van der Waals surface area contributed by atoms with Gasteiger partial charge in [0.1, 0.15) is 6.54 Å². The number of amides is 2. The van der Waals surface area contributed by atoms with Crippen LogP contribution in [0.2, 0.25) is 0 Å². The van der Waals surface area contributed by atoms with E-state index in [9.17, 15) is 9.59 Å². The lowest BCUT2D eigenvalue weighted by Gasteiger charge is -2.25. The Morgan fingerprint density at radius 2 is 2.36 bits per heavy atom. The van der Waals surface area contributed by atoms with E-state index in [1.54, 1.807) is 4.90 Å². The van der Waals surface area contributed by atoms with Crippen LogP contribution in [-0.2, 0) is 4.79 Å². The van der Waals surface area contributed by atoms with Crippen LogP contribution in [0.1, 0.15) is 13.3 Å². The summed E-state index contributed by atoms with van der Waals surface area (Å²) in [4.78, 5) is 23.2. The molecule has 1 aliphatic rings. The Morgan fingerprint density at radius 1 is 1.64 bits per heavy atom. The highest BCUT2D eigenvalue weighted by Gasteiger charge is 2.16.